The van der Waals surface area contributed by atoms with Crippen LogP contribution in [0.3, 0.4) is 0 Å². The third-order valence-electron chi connectivity index (χ3n) is 11.5. The molecule has 2 bridgehead atoms. The third-order valence-corrected chi connectivity index (χ3v) is 11.5. The van der Waals surface area contributed by atoms with Crippen molar-refractivity contribution >= 4 is 10.8 Å². The molecule has 4 aliphatic heterocycles. The number of aliphatic hydroxyl groups excluding tert-OH is 1. The summed E-state index contributed by atoms with van der Waals surface area (Å²) in [6, 6.07) is 9.43. The first-order valence-electron chi connectivity index (χ1n) is 14.2. The Kier molecular flexibility index (Phi) is 4.07. The fraction of sp³-hybridized carbons (Fsp3) is 0.581. The summed E-state index contributed by atoms with van der Waals surface area (Å²) in [6.45, 7) is 4.35. The lowest BCUT2D eigenvalue weighted by Crippen LogP contribution is -2.64. The van der Waals surface area contributed by atoms with E-state index in [1.807, 2.05) is 12.4 Å². The van der Waals surface area contributed by atoms with Gasteiger partial charge in [0.15, 0.2) is 0 Å². The maximum absolute atomic E-state index is 11.6. The third kappa shape index (κ3) is 2.66. The molecule has 2 saturated carbocycles. The molecule has 5 heterocycles. The molecule has 3 saturated heterocycles. The van der Waals surface area contributed by atoms with Gasteiger partial charge in [0.1, 0.15) is 12.2 Å². The molecule has 9 rings (SSSR count). The summed E-state index contributed by atoms with van der Waals surface area (Å²) in [5.41, 5.74) is 9.52. The molecule has 37 heavy (non-hydrogen) atoms. The molecule has 3 aliphatic carbocycles. The van der Waals surface area contributed by atoms with E-state index < -0.39 is 0 Å². The molecule has 1 aromatic carbocycles. The van der Waals surface area contributed by atoms with Gasteiger partial charge in [0.2, 0.25) is 0 Å². The molecular formula is C31H35N3O3. The Labute approximate surface area is 217 Å². The van der Waals surface area contributed by atoms with Crippen LogP contribution in [0.5, 0.6) is 0 Å². The van der Waals surface area contributed by atoms with Gasteiger partial charge in [-0.1, -0.05) is 31.2 Å². The summed E-state index contributed by atoms with van der Waals surface area (Å²) < 4.78 is 13.7. The highest BCUT2D eigenvalue weighted by molar-refractivity contribution is 5.82. The van der Waals surface area contributed by atoms with E-state index in [4.69, 9.17) is 15.2 Å². The first-order valence-corrected chi connectivity index (χ1v) is 14.2. The number of allylic oxidation sites excluding steroid dienone is 1. The van der Waals surface area contributed by atoms with Gasteiger partial charge >= 0.3 is 0 Å². The Hall–Kier alpha value is -2.09. The first kappa shape index (κ1) is 21.8. The van der Waals surface area contributed by atoms with Crippen molar-refractivity contribution in [2.24, 2.45) is 17.1 Å². The molecule has 6 heteroatoms. The topological polar surface area (TPSA) is 84.1 Å². The molecule has 6 nitrogen and oxygen atoms in total. The van der Waals surface area contributed by atoms with Crippen LogP contribution < -0.4 is 5.73 Å². The summed E-state index contributed by atoms with van der Waals surface area (Å²) in [5, 5.41) is 14.0. The summed E-state index contributed by atoms with van der Waals surface area (Å²) in [5.74, 6) is 0.369. The van der Waals surface area contributed by atoms with E-state index in [1.165, 1.54) is 22.1 Å². The number of likely N-dealkylation sites (tertiary alicyclic amines) is 1. The number of nitrogens with two attached hydrogens (primary N) is 1. The lowest BCUT2D eigenvalue weighted by atomic mass is 9.58. The van der Waals surface area contributed by atoms with Crippen LogP contribution in [0.2, 0.25) is 0 Å². The second kappa shape index (κ2) is 6.91. The SMILES string of the molecule is C[C@]12CC=C3C=C4[C@H]5OC5[C@@H](N5CC(N)C5)C[C@]45CCC3(O5)[C@@H]1C[C@@H](O)C2c1ccc2ccncc2c1. The van der Waals surface area contributed by atoms with E-state index in [0.29, 0.717) is 18.2 Å². The molecule has 2 spiro atoms. The highest BCUT2D eigenvalue weighted by Crippen LogP contribution is 2.70. The lowest BCUT2D eigenvalue weighted by molar-refractivity contribution is -0.140. The summed E-state index contributed by atoms with van der Waals surface area (Å²) >= 11 is 0. The van der Waals surface area contributed by atoms with Crippen molar-refractivity contribution in [3.8, 4) is 0 Å². The molecule has 3 N–H and O–H groups in total. The van der Waals surface area contributed by atoms with E-state index in [2.05, 4.69) is 53.2 Å². The number of benzene rings is 1. The summed E-state index contributed by atoms with van der Waals surface area (Å²) in [6.07, 6.45) is 13.7. The van der Waals surface area contributed by atoms with Crippen LogP contribution >= 0.6 is 0 Å². The minimum absolute atomic E-state index is 0.0629. The van der Waals surface area contributed by atoms with Crippen LogP contribution in [0.25, 0.3) is 10.8 Å². The molecule has 5 fully saturated rings. The number of rotatable bonds is 2. The predicted molar refractivity (Wildman–Crippen MR) is 140 cm³/mol. The van der Waals surface area contributed by atoms with Crippen LogP contribution in [0.1, 0.15) is 50.5 Å². The fourth-order valence-corrected chi connectivity index (χ4v) is 9.75. The minimum atomic E-state index is -0.380. The minimum Gasteiger partial charge on any atom is -0.392 e. The highest BCUT2D eigenvalue weighted by Gasteiger charge is 2.72. The zero-order valence-corrected chi connectivity index (χ0v) is 21.3. The van der Waals surface area contributed by atoms with Crippen LogP contribution in [-0.2, 0) is 9.47 Å². The Bertz CT molecular complexity index is 1400. The Morgan fingerprint density at radius 3 is 2.92 bits per heavy atom. The van der Waals surface area contributed by atoms with Gasteiger partial charge in [-0.15, -0.1) is 0 Å². The predicted octanol–water partition coefficient (Wildman–Crippen LogP) is 3.45. The van der Waals surface area contributed by atoms with E-state index in [0.717, 1.165) is 50.6 Å². The number of fused-ring (bicyclic) bond motifs is 4. The van der Waals surface area contributed by atoms with E-state index >= 15 is 0 Å². The van der Waals surface area contributed by atoms with Crippen molar-refractivity contribution in [1.82, 2.24) is 9.88 Å². The molecule has 3 unspecified atom stereocenters. The maximum Gasteiger partial charge on any atom is 0.110 e. The van der Waals surface area contributed by atoms with E-state index in [1.54, 1.807) is 0 Å². The van der Waals surface area contributed by atoms with Crippen LogP contribution in [0.4, 0.5) is 0 Å². The standard InChI is InChI=1S/C31H35N3O3/c1-29-6-4-20-11-22-27-28(36-27)23(34-15-21(32)16-34)13-30(22)7-8-31(20,37-30)25(29)12-24(35)26(29)18-3-2-17-5-9-33-14-19(17)10-18/h2-5,9-11,14,21,23-28,35H,6-8,12-13,15-16,32H2,1H3/t23-,24+,25+,26?,27+,28?,29-,30+,31?/m0/s1. The zero-order valence-electron chi connectivity index (χ0n) is 21.3. The molecule has 0 amide bonds. The monoisotopic (exact) mass is 497 g/mol. The number of aliphatic hydroxyl groups is 1. The second-order valence-electron chi connectivity index (χ2n) is 13.3. The quantitative estimate of drug-likeness (QED) is 0.619. The normalized spacial score (nSPS) is 47.9. The van der Waals surface area contributed by atoms with E-state index in [-0.39, 0.29) is 40.7 Å². The molecular weight excluding hydrogens is 462 g/mol. The van der Waals surface area contributed by atoms with Crippen molar-refractivity contribution in [2.45, 2.75) is 86.5 Å². The van der Waals surface area contributed by atoms with Crippen LogP contribution in [-0.4, -0.2) is 69.7 Å². The van der Waals surface area contributed by atoms with Gasteiger partial charge in [-0.3, -0.25) is 9.88 Å². The number of hydrogen-bond acceptors (Lipinski definition) is 6. The zero-order chi connectivity index (χ0) is 24.7. The van der Waals surface area contributed by atoms with Gasteiger partial charge < -0.3 is 20.3 Å². The van der Waals surface area contributed by atoms with Crippen molar-refractivity contribution < 1.29 is 14.6 Å². The van der Waals surface area contributed by atoms with Gasteiger partial charge in [-0.05, 0) is 71.7 Å². The lowest BCUT2D eigenvalue weighted by Gasteiger charge is -2.54. The van der Waals surface area contributed by atoms with Gasteiger partial charge in [-0.25, -0.2) is 0 Å². The van der Waals surface area contributed by atoms with Crippen molar-refractivity contribution in [3.05, 3.63) is 65.5 Å². The largest absolute Gasteiger partial charge is 0.392 e. The number of nitrogens with zero attached hydrogens (tertiary/aromatic N) is 2. The number of epoxide rings is 1. The maximum atomic E-state index is 11.6. The second-order valence-corrected chi connectivity index (χ2v) is 13.3. The molecule has 192 valence electrons. The van der Waals surface area contributed by atoms with Crippen molar-refractivity contribution in [2.75, 3.05) is 13.1 Å². The van der Waals surface area contributed by atoms with Gasteiger partial charge in [0.25, 0.3) is 0 Å². The van der Waals surface area contributed by atoms with Gasteiger partial charge in [0.05, 0.1) is 17.3 Å². The molecule has 9 atom stereocenters. The molecule has 0 radical (unpaired) electrons. The average molecular weight is 498 g/mol. The highest BCUT2D eigenvalue weighted by atomic mass is 16.6. The van der Waals surface area contributed by atoms with Gasteiger partial charge in [0, 0.05) is 54.8 Å². The Morgan fingerprint density at radius 1 is 1.16 bits per heavy atom. The first-order chi connectivity index (χ1) is 17.9. The number of aromatic nitrogens is 1. The molecule has 7 aliphatic rings. The van der Waals surface area contributed by atoms with Crippen LogP contribution in [0, 0.1) is 11.3 Å². The summed E-state index contributed by atoms with van der Waals surface area (Å²) in [4.78, 5) is 6.87. The van der Waals surface area contributed by atoms with Crippen molar-refractivity contribution in [3.63, 3.8) is 0 Å². The number of pyridine rings is 1. The van der Waals surface area contributed by atoms with Gasteiger partial charge in [-0.2, -0.15) is 0 Å². The Balaban J connectivity index is 1.11. The molecule has 1 aromatic heterocycles. The average Bonchev–Trinajstić information content (AvgIpc) is 3.54. The van der Waals surface area contributed by atoms with Crippen LogP contribution in [0.15, 0.2) is 60.0 Å². The summed E-state index contributed by atoms with van der Waals surface area (Å²) in [7, 11) is 0. The number of ether oxygens (including phenoxy) is 2. The van der Waals surface area contributed by atoms with E-state index in [9.17, 15) is 5.11 Å². The van der Waals surface area contributed by atoms with Crippen molar-refractivity contribution in [1.29, 1.82) is 0 Å². The smallest absolute Gasteiger partial charge is 0.110 e. The fourth-order valence-electron chi connectivity index (χ4n) is 9.75. The number of hydrogen-bond donors (Lipinski definition) is 2. The Morgan fingerprint density at radius 2 is 2.05 bits per heavy atom. The molecule has 2 aromatic rings.